The summed E-state index contributed by atoms with van der Waals surface area (Å²) in [4.78, 5) is 8.65. The highest BCUT2D eigenvalue weighted by atomic mass is 16.3. The maximum absolute atomic E-state index is 6.05. The van der Waals surface area contributed by atoms with Gasteiger partial charge in [0, 0.05) is 46.3 Å². The Morgan fingerprint density at radius 2 is 0.518 bits per heavy atom. The van der Waals surface area contributed by atoms with Crippen LogP contribution in [-0.2, 0) is 0 Å². The maximum Gasteiger partial charge on any atom is 0.138 e. The number of hydrogen-bond acceptors (Lipinski definition) is 4. The van der Waals surface area contributed by atoms with E-state index in [9.17, 15) is 0 Å². The molecule has 0 unspecified atom stereocenters. The van der Waals surface area contributed by atoms with E-state index in [1.54, 1.807) is 12.4 Å². The fraction of sp³-hybridized carbons (Fsp3) is 0. The number of pyridine rings is 2. The molecule has 4 nitrogen and oxygen atoms in total. The van der Waals surface area contributed by atoms with Gasteiger partial charge in [0.2, 0.25) is 0 Å². The molecule has 56 heavy (non-hydrogen) atoms. The first-order valence-electron chi connectivity index (χ1n) is 18.8. The Morgan fingerprint density at radius 3 is 0.821 bits per heavy atom. The van der Waals surface area contributed by atoms with Gasteiger partial charge >= 0.3 is 0 Å². The van der Waals surface area contributed by atoms with Crippen molar-refractivity contribution in [3.8, 4) is 66.8 Å². The molecule has 0 atom stereocenters. The van der Waals surface area contributed by atoms with Gasteiger partial charge in [0.1, 0.15) is 22.3 Å². The number of fused-ring (bicyclic) bond motifs is 6. The second kappa shape index (κ2) is 13.1. The van der Waals surface area contributed by atoms with E-state index in [-0.39, 0.29) is 0 Å². The molecule has 4 heterocycles. The topological polar surface area (TPSA) is 52.1 Å². The normalized spacial score (nSPS) is 11.6. The lowest BCUT2D eigenvalue weighted by Crippen LogP contribution is -1.86. The van der Waals surface area contributed by atoms with Crippen molar-refractivity contribution in [3.63, 3.8) is 0 Å². The number of benzene rings is 7. The Hall–Kier alpha value is -7.56. The van der Waals surface area contributed by atoms with E-state index in [4.69, 9.17) is 8.83 Å². The van der Waals surface area contributed by atoms with Crippen LogP contribution in [0.15, 0.2) is 203 Å². The summed E-state index contributed by atoms with van der Waals surface area (Å²) in [7, 11) is 0. The Morgan fingerprint density at radius 1 is 0.250 bits per heavy atom. The molecule has 0 aliphatic heterocycles. The molecule has 0 bridgehead atoms. The van der Waals surface area contributed by atoms with E-state index < -0.39 is 0 Å². The molecular formula is C52H32N2O2. The fourth-order valence-corrected chi connectivity index (χ4v) is 7.99. The van der Waals surface area contributed by atoms with Crippen molar-refractivity contribution in [1.82, 2.24) is 9.97 Å². The summed E-state index contributed by atoms with van der Waals surface area (Å²) in [5, 5.41) is 4.21. The van der Waals surface area contributed by atoms with Gasteiger partial charge in [0.05, 0.1) is 0 Å². The first-order chi connectivity index (χ1) is 27.7. The van der Waals surface area contributed by atoms with Gasteiger partial charge in [0.25, 0.3) is 0 Å². The standard InChI is InChI=1S/C52H32N2O2/c1-6-33(35-8-2-10-37(25-35)39-12-4-14-41(27-39)43-16-18-49-45(29-43)47-31-53-22-20-51(47)55-49)24-34(7-1)36-9-3-11-38(26-36)40-13-5-15-42(28-40)44-17-19-50-46(30-44)48-32-54-23-21-52(48)56-50/h1-32H. The van der Waals surface area contributed by atoms with Crippen LogP contribution in [0, 0.1) is 0 Å². The van der Waals surface area contributed by atoms with Gasteiger partial charge in [-0.25, -0.2) is 0 Å². The number of rotatable bonds is 6. The molecule has 11 aromatic rings. The van der Waals surface area contributed by atoms with Gasteiger partial charge in [0.15, 0.2) is 0 Å². The third kappa shape index (κ3) is 5.64. The van der Waals surface area contributed by atoms with Crippen LogP contribution in [0.3, 0.4) is 0 Å². The Balaban J connectivity index is 0.886. The van der Waals surface area contributed by atoms with Crippen LogP contribution < -0.4 is 0 Å². The van der Waals surface area contributed by atoms with Crippen molar-refractivity contribution in [2.24, 2.45) is 0 Å². The van der Waals surface area contributed by atoms with Crippen molar-refractivity contribution in [3.05, 3.63) is 195 Å². The molecule has 0 saturated carbocycles. The molecule has 11 rings (SSSR count). The van der Waals surface area contributed by atoms with Crippen LogP contribution in [0.2, 0.25) is 0 Å². The molecule has 262 valence electrons. The summed E-state index contributed by atoms with van der Waals surface area (Å²) in [5.74, 6) is 0. The molecule has 0 spiro atoms. The minimum Gasteiger partial charge on any atom is -0.456 e. The Bertz CT molecular complexity index is 3060. The van der Waals surface area contributed by atoms with Crippen LogP contribution >= 0.6 is 0 Å². The number of aromatic nitrogens is 2. The van der Waals surface area contributed by atoms with Gasteiger partial charge < -0.3 is 8.83 Å². The van der Waals surface area contributed by atoms with Crippen molar-refractivity contribution in [1.29, 1.82) is 0 Å². The van der Waals surface area contributed by atoms with Crippen LogP contribution in [0.25, 0.3) is 111 Å². The largest absolute Gasteiger partial charge is 0.456 e. The predicted octanol–water partition coefficient (Wildman–Crippen LogP) is 14.3. The van der Waals surface area contributed by atoms with E-state index >= 15 is 0 Å². The highest BCUT2D eigenvalue weighted by Gasteiger charge is 2.12. The molecule has 4 heteroatoms. The predicted molar refractivity (Wildman–Crippen MR) is 229 cm³/mol. The first kappa shape index (κ1) is 31.9. The number of furan rings is 2. The quantitative estimate of drug-likeness (QED) is 0.172. The molecule has 0 aliphatic carbocycles. The molecule has 0 radical (unpaired) electrons. The third-order valence-electron chi connectivity index (χ3n) is 10.9. The zero-order chi connectivity index (χ0) is 37.0. The fourth-order valence-electron chi connectivity index (χ4n) is 7.99. The summed E-state index contributed by atoms with van der Waals surface area (Å²) < 4.78 is 12.1. The van der Waals surface area contributed by atoms with E-state index in [0.717, 1.165) is 66.1 Å². The van der Waals surface area contributed by atoms with Gasteiger partial charge in [-0.1, -0.05) is 103 Å². The Labute approximate surface area is 323 Å². The monoisotopic (exact) mass is 716 g/mol. The molecule has 0 saturated heterocycles. The second-order valence-electron chi connectivity index (χ2n) is 14.3. The molecule has 0 N–H and O–H groups in total. The maximum atomic E-state index is 6.05. The van der Waals surface area contributed by atoms with Gasteiger partial charge in [-0.2, -0.15) is 0 Å². The summed E-state index contributed by atoms with van der Waals surface area (Å²) in [6.45, 7) is 0. The minimum absolute atomic E-state index is 0.854. The lowest BCUT2D eigenvalue weighted by molar-refractivity contribution is 0.668. The van der Waals surface area contributed by atoms with Crippen LogP contribution in [0.5, 0.6) is 0 Å². The number of nitrogens with zero attached hydrogens (tertiary/aromatic N) is 2. The molecule has 0 amide bonds. The Kier molecular flexibility index (Phi) is 7.46. The van der Waals surface area contributed by atoms with Crippen molar-refractivity contribution in [2.45, 2.75) is 0 Å². The summed E-state index contributed by atoms with van der Waals surface area (Å²) in [5.41, 5.74) is 17.5. The zero-order valence-corrected chi connectivity index (χ0v) is 30.2. The highest BCUT2D eigenvalue weighted by molar-refractivity contribution is 6.07. The van der Waals surface area contributed by atoms with E-state index in [1.807, 2.05) is 24.5 Å². The second-order valence-corrected chi connectivity index (χ2v) is 14.3. The summed E-state index contributed by atoms with van der Waals surface area (Å²) in [6.07, 6.45) is 7.29. The van der Waals surface area contributed by atoms with Crippen LogP contribution in [0.1, 0.15) is 0 Å². The van der Waals surface area contributed by atoms with E-state index in [1.165, 1.54) is 44.5 Å². The SMILES string of the molecule is c1cc(-c2cccc(-c3cccc(-c4ccc5oc6ccncc6c5c4)c3)c2)cc(-c2cccc(-c3cccc(-c4ccc5oc6ccncc6c5c4)c3)c2)c1. The van der Waals surface area contributed by atoms with Crippen molar-refractivity contribution >= 4 is 43.9 Å². The third-order valence-corrected chi connectivity index (χ3v) is 10.9. The van der Waals surface area contributed by atoms with Crippen molar-refractivity contribution in [2.75, 3.05) is 0 Å². The summed E-state index contributed by atoms with van der Waals surface area (Å²) >= 11 is 0. The number of hydrogen-bond donors (Lipinski definition) is 0. The lowest BCUT2D eigenvalue weighted by Gasteiger charge is -2.11. The molecule has 0 fully saturated rings. The molecule has 7 aromatic carbocycles. The average Bonchev–Trinajstić information content (AvgIpc) is 3.84. The molecule has 0 aliphatic rings. The van der Waals surface area contributed by atoms with E-state index in [2.05, 4.69) is 168 Å². The highest BCUT2D eigenvalue weighted by Crippen LogP contribution is 2.37. The minimum atomic E-state index is 0.854. The summed E-state index contributed by atoms with van der Waals surface area (Å²) in [6, 6.07) is 60.6. The van der Waals surface area contributed by atoms with Gasteiger partial charge in [-0.3, -0.25) is 9.97 Å². The van der Waals surface area contributed by atoms with E-state index in [0.29, 0.717) is 0 Å². The van der Waals surface area contributed by atoms with Crippen LogP contribution in [0.4, 0.5) is 0 Å². The van der Waals surface area contributed by atoms with Gasteiger partial charge in [-0.05, 0) is 133 Å². The first-order valence-corrected chi connectivity index (χ1v) is 18.8. The lowest BCUT2D eigenvalue weighted by atomic mass is 9.93. The zero-order valence-electron chi connectivity index (χ0n) is 30.2. The molecular weight excluding hydrogens is 685 g/mol. The van der Waals surface area contributed by atoms with Gasteiger partial charge in [-0.15, -0.1) is 0 Å². The van der Waals surface area contributed by atoms with Crippen LogP contribution in [-0.4, -0.2) is 9.97 Å². The molecule has 4 aromatic heterocycles. The smallest absolute Gasteiger partial charge is 0.138 e. The average molecular weight is 717 g/mol. The van der Waals surface area contributed by atoms with Crippen molar-refractivity contribution < 1.29 is 8.83 Å².